The molecule has 2 nitrogen and oxygen atoms in total. The highest BCUT2D eigenvalue weighted by Gasteiger charge is 2.04. The van der Waals surface area contributed by atoms with Gasteiger partial charge in [-0.1, -0.05) is 31.5 Å². The fraction of sp³-hybridized carbons (Fsp3) is 0.455. The minimum atomic E-state index is 0.547. The zero-order chi connectivity index (χ0) is 11.3. The second kappa shape index (κ2) is 6.38. The maximum absolute atomic E-state index is 6.16. The first-order chi connectivity index (χ1) is 7.13. The molecule has 0 saturated carbocycles. The van der Waals surface area contributed by atoms with Crippen molar-refractivity contribution in [1.82, 2.24) is 5.48 Å². The summed E-state index contributed by atoms with van der Waals surface area (Å²) in [5.41, 5.74) is 3.91. The summed E-state index contributed by atoms with van der Waals surface area (Å²) in [6.07, 6.45) is 0. The first kappa shape index (κ1) is 12.8. The molecule has 0 atom stereocenters. The number of thioether (sulfide) groups is 1. The van der Waals surface area contributed by atoms with Crippen LogP contribution in [0.3, 0.4) is 0 Å². The molecule has 0 fully saturated rings. The number of hydroxylamine groups is 1. The Balaban J connectivity index is 2.70. The summed E-state index contributed by atoms with van der Waals surface area (Å²) >= 11 is 7.94. The Bertz CT molecular complexity index is 317. The lowest BCUT2D eigenvalue weighted by Gasteiger charge is -2.09. The van der Waals surface area contributed by atoms with Gasteiger partial charge in [0.2, 0.25) is 0 Å². The highest BCUT2D eigenvalue weighted by Crippen LogP contribution is 2.30. The van der Waals surface area contributed by atoms with Gasteiger partial charge in [0, 0.05) is 16.7 Å². The first-order valence-corrected chi connectivity index (χ1v) is 6.10. The van der Waals surface area contributed by atoms with Crippen molar-refractivity contribution in [1.29, 1.82) is 0 Å². The van der Waals surface area contributed by atoms with Crippen LogP contribution in [-0.4, -0.2) is 12.4 Å². The fourth-order valence-corrected chi connectivity index (χ4v) is 2.32. The normalized spacial score (nSPS) is 11.0. The molecule has 0 radical (unpaired) electrons. The standard InChI is InChI=1S/C11H16ClNOS/c1-8(2)15-11-5-4-9(6-10(11)12)7-13-14-3/h4-6,8,13H,7H2,1-3H3. The van der Waals surface area contributed by atoms with Gasteiger partial charge in [-0.25, -0.2) is 0 Å². The van der Waals surface area contributed by atoms with E-state index in [0.29, 0.717) is 11.8 Å². The van der Waals surface area contributed by atoms with Crippen LogP contribution in [0.2, 0.25) is 5.02 Å². The van der Waals surface area contributed by atoms with Crippen molar-refractivity contribution in [3.05, 3.63) is 28.8 Å². The molecule has 0 aliphatic heterocycles. The van der Waals surface area contributed by atoms with E-state index < -0.39 is 0 Å². The SMILES string of the molecule is CONCc1ccc(SC(C)C)c(Cl)c1. The molecular formula is C11H16ClNOS. The minimum absolute atomic E-state index is 0.547. The Morgan fingerprint density at radius 3 is 2.73 bits per heavy atom. The van der Waals surface area contributed by atoms with Crippen LogP contribution in [0.25, 0.3) is 0 Å². The molecule has 84 valence electrons. The molecule has 1 N–H and O–H groups in total. The average molecular weight is 246 g/mol. The second-order valence-corrected chi connectivity index (χ2v) is 5.48. The van der Waals surface area contributed by atoms with E-state index in [1.165, 1.54) is 0 Å². The Hall–Kier alpha value is -0.220. The third-order valence-electron chi connectivity index (χ3n) is 1.78. The van der Waals surface area contributed by atoms with Gasteiger partial charge in [0.1, 0.15) is 0 Å². The zero-order valence-corrected chi connectivity index (χ0v) is 10.8. The molecule has 0 saturated heterocycles. The lowest BCUT2D eigenvalue weighted by atomic mass is 10.2. The summed E-state index contributed by atoms with van der Waals surface area (Å²) in [4.78, 5) is 5.91. The van der Waals surface area contributed by atoms with E-state index >= 15 is 0 Å². The van der Waals surface area contributed by atoms with Crippen molar-refractivity contribution in [2.75, 3.05) is 7.11 Å². The van der Waals surface area contributed by atoms with Crippen LogP contribution in [-0.2, 0) is 11.4 Å². The molecule has 15 heavy (non-hydrogen) atoms. The topological polar surface area (TPSA) is 21.3 Å². The lowest BCUT2D eigenvalue weighted by Crippen LogP contribution is -2.10. The van der Waals surface area contributed by atoms with Gasteiger partial charge in [0.15, 0.2) is 0 Å². The highest BCUT2D eigenvalue weighted by atomic mass is 35.5. The van der Waals surface area contributed by atoms with Crippen LogP contribution in [0.15, 0.2) is 23.1 Å². The number of benzene rings is 1. The maximum Gasteiger partial charge on any atom is 0.0572 e. The molecule has 1 rings (SSSR count). The molecule has 0 bridgehead atoms. The van der Waals surface area contributed by atoms with E-state index in [1.54, 1.807) is 18.9 Å². The number of hydrogen-bond acceptors (Lipinski definition) is 3. The number of hydrogen-bond donors (Lipinski definition) is 1. The van der Waals surface area contributed by atoms with E-state index in [0.717, 1.165) is 15.5 Å². The van der Waals surface area contributed by atoms with Crippen molar-refractivity contribution in [3.8, 4) is 0 Å². The molecule has 0 aromatic heterocycles. The van der Waals surface area contributed by atoms with Crippen LogP contribution < -0.4 is 5.48 Å². The van der Waals surface area contributed by atoms with Gasteiger partial charge in [-0.2, -0.15) is 5.48 Å². The quantitative estimate of drug-likeness (QED) is 0.634. The van der Waals surface area contributed by atoms with E-state index in [1.807, 2.05) is 6.07 Å². The molecule has 0 unspecified atom stereocenters. The third-order valence-corrected chi connectivity index (χ3v) is 3.29. The van der Waals surface area contributed by atoms with Gasteiger partial charge in [0.25, 0.3) is 0 Å². The van der Waals surface area contributed by atoms with Crippen molar-refractivity contribution < 1.29 is 4.84 Å². The highest BCUT2D eigenvalue weighted by molar-refractivity contribution is 8.00. The number of nitrogens with one attached hydrogen (secondary N) is 1. The van der Waals surface area contributed by atoms with Gasteiger partial charge >= 0.3 is 0 Å². The van der Waals surface area contributed by atoms with Crippen LogP contribution in [0, 0.1) is 0 Å². The monoisotopic (exact) mass is 245 g/mol. The van der Waals surface area contributed by atoms with E-state index in [-0.39, 0.29) is 0 Å². The lowest BCUT2D eigenvalue weighted by molar-refractivity contribution is 0.0867. The van der Waals surface area contributed by atoms with Crippen molar-refractivity contribution in [3.63, 3.8) is 0 Å². The smallest absolute Gasteiger partial charge is 0.0572 e. The predicted octanol–water partition coefficient (Wildman–Crippen LogP) is 3.49. The molecule has 0 amide bonds. The van der Waals surface area contributed by atoms with E-state index in [9.17, 15) is 0 Å². The average Bonchev–Trinajstić information content (AvgIpc) is 2.18. The van der Waals surface area contributed by atoms with Gasteiger partial charge in [-0.05, 0) is 17.7 Å². The first-order valence-electron chi connectivity index (χ1n) is 4.84. The Morgan fingerprint density at radius 2 is 2.20 bits per heavy atom. The molecule has 0 heterocycles. The van der Waals surface area contributed by atoms with Crippen molar-refractivity contribution in [2.24, 2.45) is 0 Å². The number of halogens is 1. The van der Waals surface area contributed by atoms with Crippen LogP contribution in [0.5, 0.6) is 0 Å². The maximum atomic E-state index is 6.16. The Morgan fingerprint density at radius 1 is 1.47 bits per heavy atom. The van der Waals surface area contributed by atoms with Crippen molar-refractivity contribution in [2.45, 2.75) is 30.5 Å². The fourth-order valence-electron chi connectivity index (χ4n) is 1.16. The summed E-state index contributed by atoms with van der Waals surface area (Å²) in [5.74, 6) is 0. The van der Waals surface area contributed by atoms with Gasteiger partial charge in [-0.3, -0.25) is 0 Å². The summed E-state index contributed by atoms with van der Waals surface area (Å²) < 4.78 is 0. The summed E-state index contributed by atoms with van der Waals surface area (Å²) in [6, 6.07) is 6.08. The molecule has 0 aliphatic rings. The van der Waals surface area contributed by atoms with Gasteiger partial charge < -0.3 is 4.84 Å². The molecule has 4 heteroatoms. The molecule has 0 aliphatic carbocycles. The summed E-state index contributed by atoms with van der Waals surface area (Å²) in [5, 5.41) is 1.36. The largest absolute Gasteiger partial charge is 0.305 e. The van der Waals surface area contributed by atoms with Crippen molar-refractivity contribution >= 4 is 23.4 Å². The summed E-state index contributed by atoms with van der Waals surface area (Å²) in [6.45, 7) is 4.98. The predicted molar refractivity (Wildman–Crippen MR) is 66.3 cm³/mol. The van der Waals surface area contributed by atoms with E-state index in [4.69, 9.17) is 16.4 Å². The van der Waals surface area contributed by atoms with Gasteiger partial charge in [-0.15, -0.1) is 11.8 Å². The zero-order valence-electron chi connectivity index (χ0n) is 9.21. The minimum Gasteiger partial charge on any atom is -0.305 e. The molecule has 0 spiro atoms. The van der Waals surface area contributed by atoms with Crippen LogP contribution in [0.1, 0.15) is 19.4 Å². The summed E-state index contributed by atoms with van der Waals surface area (Å²) in [7, 11) is 1.60. The molecule has 1 aromatic carbocycles. The molecule has 1 aromatic rings. The van der Waals surface area contributed by atoms with Crippen LogP contribution >= 0.6 is 23.4 Å². The third kappa shape index (κ3) is 4.43. The molecular weight excluding hydrogens is 230 g/mol. The number of rotatable bonds is 5. The van der Waals surface area contributed by atoms with Gasteiger partial charge in [0.05, 0.1) is 12.1 Å². The Kier molecular flexibility index (Phi) is 5.47. The second-order valence-electron chi connectivity index (χ2n) is 3.46. The Labute approximate surface area is 100 Å². The van der Waals surface area contributed by atoms with Crippen LogP contribution in [0.4, 0.5) is 0 Å². The van der Waals surface area contributed by atoms with E-state index in [2.05, 4.69) is 31.5 Å².